The summed E-state index contributed by atoms with van der Waals surface area (Å²) in [5.41, 5.74) is 0. The van der Waals surface area contributed by atoms with Gasteiger partial charge in [-0.1, -0.05) is 13.8 Å². The smallest absolute Gasteiger partial charge is 0.223 e. The maximum absolute atomic E-state index is 11.4. The molecule has 0 heterocycles. The number of hydrogen-bond acceptors (Lipinski definition) is 1. The SMILES string of the molecule is CC(C)CC(CCl)NC(=O)C1CC1. The molecule has 1 atom stereocenters. The van der Waals surface area contributed by atoms with Crippen LogP contribution in [0, 0.1) is 11.8 Å². The van der Waals surface area contributed by atoms with Crippen molar-refractivity contribution < 1.29 is 4.79 Å². The Kier molecular flexibility index (Phi) is 4.04. The van der Waals surface area contributed by atoms with Crippen LogP contribution in [0.3, 0.4) is 0 Å². The van der Waals surface area contributed by atoms with Crippen LogP contribution >= 0.6 is 11.6 Å². The van der Waals surface area contributed by atoms with E-state index >= 15 is 0 Å². The Labute approximate surface area is 85.0 Å². The van der Waals surface area contributed by atoms with E-state index in [2.05, 4.69) is 19.2 Å². The van der Waals surface area contributed by atoms with Crippen LogP contribution in [0.5, 0.6) is 0 Å². The molecule has 0 aromatic heterocycles. The molecule has 0 aromatic carbocycles. The maximum Gasteiger partial charge on any atom is 0.223 e. The number of alkyl halides is 1. The third-order valence-electron chi connectivity index (χ3n) is 2.24. The van der Waals surface area contributed by atoms with Crippen molar-refractivity contribution in [2.45, 2.75) is 39.2 Å². The van der Waals surface area contributed by atoms with Gasteiger partial charge in [-0.2, -0.15) is 0 Å². The molecule has 1 amide bonds. The number of amides is 1. The van der Waals surface area contributed by atoms with Gasteiger partial charge in [-0.15, -0.1) is 11.6 Å². The van der Waals surface area contributed by atoms with Crippen molar-refractivity contribution in [3.05, 3.63) is 0 Å². The summed E-state index contributed by atoms with van der Waals surface area (Å²) in [4.78, 5) is 11.4. The first-order valence-electron chi connectivity index (χ1n) is 4.99. The standard InChI is InChI=1S/C10H18ClNO/c1-7(2)5-9(6-11)12-10(13)8-3-4-8/h7-9H,3-6H2,1-2H3,(H,12,13). The minimum atomic E-state index is 0.162. The Bertz CT molecular complexity index is 178. The molecule has 1 saturated carbocycles. The third kappa shape index (κ3) is 3.99. The number of carbonyl (C=O) groups is 1. The van der Waals surface area contributed by atoms with Gasteiger partial charge in [0.15, 0.2) is 0 Å². The average molecular weight is 204 g/mol. The lowest BCUT2D eigenvalue weighted by Gasteiger charge is -2.17. The summed E-state index contributed by atoms with van der Waals surface area (Å²) in [6, 6.07) is 0.162. The van der Waals surface area contributed by atoms with Crippen molar-refractivity contribution >= 4 is 17.5 Å². The van der Waals surface area contributed by atoms with Crippen LogP contribution in [0.15, 0.2) is 0 Å². The van der Waals surface area contributed by atoms with Gasteiger partial charge in [0.25, 0.3) is 0 Å². The first-order chi connectivity index (χ1) is 6.13. The van der Waals surface area contributed by atoms with Crippen molar-refractivity contribution in [3.63, 3.8) is 0 Å². The summed E-state index contributed by atoms with van der Waals surface area (Å²) >= 11 is 5.77. The number of halogens is 1. The highest BCUT2D eigenvalue weighted by Gasteiger charge is 2.30. The first kappa shape index (κ1) is 10.8. The van der Waals surface area contributed by atoms with E-state index in [-0.39, 0.29) is 17.9 Å². The van der Waals surface area contributed by atoms with Gasteiger partial charge in [-0.05, 0) is 25.2 Å². The Morgan fingerprint density at radius 3 is 2.54 bits per heavy atom. The van der Waals surface area contributed by atoms with E-state index in [4.69, 9.17) is 11.6 Å². The third-order valence-corrected chi connectivity index (χ3v) is 2.61. The quantitative estimate of drug-likeness (QED) is 0.682. The zero-order valence-electron chi connectivity index (χ0n) is 8.35. The fourth-order valence-corrected chi connectivity index (χ4v) is 1.60. The van der Waals surface area contributed by atoms with Gasteiger partial charge in [0.05, 0.1) is 0 Å². The van der Waals surface area contributed by atoms with Crippen molar-refractivity contribution in [2.75, 3.05) is 5.88 Å². The maximum atomic E-state index is 11.4. The zero-order valence-corrected chi connectivity index (χ0v) is 9.10. The molecular weight excluding hydrogens is 186 g/mol. The lowest BCUT2D eigenvalue weighted by Crippen LogP contribution is -2.38. The number of carbonyl (C=O) groups excluding carboxylic acids is 1. The summed E-state index contributed by atoms with van der Waals surface area (Å²) in [6.45, 7) is 4.28. The number of hydrogen-bond donors (Lipinski definition) is 1. The molecule has 2 nitrogen and oxygen atoms in total. The highest BCUT2D eigenvalue weighted by atomic mass is 35.5. The summed E-state index contributed by atoms with van der Waals surface area (Å²) in [5.74, 6) is 1.60. The molecule has 1 rings (SSSR count). The van der Waals surface area contributed by atoms with Gasteiger partial charge in [-0.25, -0.2) is 0 Å². The molecule has 1 fully saturated rings. The molecule has 0 bridgehead atoms. The predicted octanol–water partition coefficient (Wildman–Crippen LogP) is 2.17. The van der Waals surface area contributed by atoms with Gasteiger partial charge in [0, 0.05) is 17.8 Å². The van der Waals surface area contributed by atoms with Crippen molar-refractivity contribution in [2.24, 2.45) is 11.8 Å². The van der Waals surface area contributed by atoms with Crippen LogP contribution in [0.2, 0.25) is 0 Å². The highest BCUT2D eigenvalue weighted by molar-refractivity contribution is 6.18. The van der Waals surface area contributed by atoms with E-state index in [1.165, 1.54) is 0 Å². The van der Waals surface area contributed by atoms with Gasteiger partial charge in [0.2, 0.25) is 5.91 Å². The van der Waals surface area contributed by atoms with Crippen LogP contribution in [-0.2, 0) is 4.79 Å². The van der Waals surface area contributed by atoms with Crippen molar-refractivity contribution in [1.29, 1.82) is 0 Å². The van der Waals surface area contributed by atoms with Crippen molar-refractivity contribution in [1.82, 2.24) is 5.32 Å². The highest BCUT2D eigenvalue weighted by Crippen LogP contribution is 2.29. The Hall–Kier alpha value is -0.240. The minimum absolute atomic E-state index is 0.162. The van der Waals surface area contributed by atoms with E-state index in [1.54, 1.807) is 0 Å². The second-order valence-corrected chi connectivity index (χ2v) is 4.57. The van der Waals surface area contributed by atoms with Crippen LogP contribution in [0.25, 0.3) is 0 Å². The van der Waals surface area contributed by atoms with E-state index < -0.39 is 0 Å². The lowest BCUT2D eigenvalue weighted by atomic mass is 10.1. The minimum Gasteiger partial charge on any atom is -0.352 e. The molecular formula is C10H18ClNO. The van der Waals surface area contributed by atoms with E-state index in [0.29, 0.717) is 11.8 Å². The molecule has 0 aliphatic heterocycles. The second kappa shape index (κ2) is 4.85. The molecule has 0 aromatic rings. The molecule has 3 heteroatoms. The van der Waals surface area contributed by atoms with Gasteiger partial charge >= 0.3 is 0 Å². The summed E-state index contributed by atoms with van der Waals surface area (Å²) in [5, 5.41) is 2.99. The fraction of sp³-hybridized carbons (Fsp3) is 0.900. The van der Waals surface area contributed by atoms with E-state index in [1.807, 2.05) is 0 Å². The largest absolute Gasteiger partial charge is 0.352 e. The molecule has 0 saturated heterocycles. The summed E-state index contributed by atoms with van der Waals surface area (Å²) < 4.78 is 0. The number of nitrogens with one attached hydrogen (secondary N) is 1. The Morgan fingerprint density at radius 2 is 2.15 bits per heavy atom. The van der Waals surface area contributed by atoms with Crippen LogP contribution in [-0.4, -0.2) is 17.8 Å². The summed E-state index contributed by atoms with van der Waals surface area (Å²) in [6.07, 6.45) is 3.09. The lowest BCUT2D eigenvalue weighted by molar-refractivity contribution is -0.122. The fourth-order valence-electron chi connectivity index (χ4n) is 1.39. The van der Waals surface area contributed by atoms with Crippen LogP contribution in [0.4, 0.5) is 0 Å². The summed E-state index contributed by atoms with van der Waals surface area (Å²) in [7, 11) is 0. The first-order valence-corrected chi connectivity index (χ1v) is 5.53. The molecule has 13 heavy (non-hydrogen) atoms. The van der Waals surface area contributed by atoms with Crippen LogP contribution < -0.4 is 5.32 Å². The Morgan fingerprint density at radius 1 is 1.54 bits per heavy atom. The van der Waals surface area contributed by atoms with E-state index in [0.717, 1.165) is 19.3 Å². The van der Waals surface area contributed by atoms with Gasteiger partial charge in [-0.3, -0.25) is 4.79 Å². The molecule has 76 valence electrons. The Balaban J connectivity index is 2.25. The molecule has 1 aliphatic rings. The van der Waals surface area contributed by atoms with Gasteiger partial charge < -0.3 is 5.32 Å². The normalized spacial score (nSPS) is 18.8. The molecule has 0 spiro atoms. The molecule has 1 aliphatic carbocycles. The topological polar surface area (TPSA) is 29.1 Å². The molecule has 1 N–H and O–H groups in total. The number of rotatable bonds is 5. The van der Waals surface area contributed by atoms with Crippen molar-refractivity contribution in [3.8, 4) is 0 Å². The van der Waals surface area contributed by atoms with Crippen LogP contribution in [0.1, 0.15) is 33.1 Å². The van der Waals surface area contributed by atoms with E-state index in [9.17, 15) is 4.79 Å². The molecule has 0 radical (unpaired) electrons. The second-order valence-electron chi connectivity index (χ2n) is 4.26. The van der Waals surface area contributed by atoms with Gasteiger partial charge in [0.1, 0.15) is 0 Å². The zero-order chi connectivity index (χ0) is 9.84. The monoisotopic (exact) mass is 203 g/mol. The molecule has 1 unspecified atom stereocenters. The predicted molar refractivity (Wildman–Crippen MR) is 54.8 cm³/mol. The average Bonchev–Trinajstić information content (AvgIpc) is 2.84.